The van der Waals surface area contributed by atoms with Gasteiger partial charge >= 0.3 is 6.09 Å². The highest BCUT2D eigenvalue weighted by atomic mass is 16.6. The second-order valence-electron chi connectivity index (χ2n) is 12.3. The number of carbonyl (C=O) groups excluding carboxylic acids is 1. The molecular formula is C33H36N6O2. The summed E-state index contributed by atoms with van der Waals surface area (Å²) >= 11 is 0. The predicted molar refractivity (Wildman–Crippen MR) is 162 cm³/mol. The van der Waals surface area contributed by atoms with Gasteiger partial charge < -0.3 is 20.0 Å². The van der Waals surface area contributed by atoms with Gasteiger partial charge in [0.15, 0.2) is 0 Å². The number of rotatable bonds is 4. The minimum atomic E-state index is -0.524. The van der Waals surface area contributed by atoms with Crippen molar-refractivity contribution in [1.29, 1.82) is 0 Å². The fourth-order valence-electron chi connectivity index (χ4n) is 6.13. The molecule has 0 bridgehead atoms. The third-order valence-corrected chi connectivity index (χ3v) is 8.17. The van der Waals surface area contributed by atoms with Crippen LogP contribution in [0.1, 0.15) is 70.2 Å². The third kappa shape index (κ3) is 5.08. The summed E-state index contributed by atoms with van der Waals surface area (Å²) < 4.78 is 5.65. The van der Waals surface area contributed by atoms with Crippen molar-refractivity contribution >= 4 is 27.9 Å². The molecule has 0 spiro atoms. The molecule has 0 radical (unpaired) electrons. The minimum Gasteiger partial charge on any atom is -0.444 e. The maximum absolute atomic E-state index is 12.8. The van der Waals surface area contributed by atoms with Crippen molar-refractivity contribution in [1.82, 2.24) is 30.2 Å². The molecule has 3 aromatic carbocycles. The Bertz CT molecular complexity index is 1740. The summed E-state index contributed by atoms with van der Waals surface area (Å²) in [6, 6.07) is 19.7. The largest absolute Gasteiger partial charge is 0.444 e. The van der Waals surface area contributed by atoms with E-state index in [2.05, 4.69) is 74.9 Å². The molecular weight excluding hydrogens is 512 g/mol. The van der Waals surface area contributed by atoms with Crippen molar-refractivity contribution in [2.45, 2.75) is 64.1 Å². The number of hydrogen-bond acceptors (Lipinski definition) is 5. The molecule has 210 valence electrons. The highest BCUT2D eigenvalue weighted by molar-refractivity contribution is 5.91. The van der Waals surface area contributed by atoms with Crippen molar-refractivity contribution in [3.8, 4) is 22.4 Å². The number of fused-ring (bicyclic) bond motifs is 2. The van der Waals surface area contributed by atoms with Gasteiger partial charge in [0.05, 0.1) is 35.0 Å². The first-order chi connectivity index (χ1) is 19.8. The van der Waals surface area contributed by atoms with Crippen LogP contribution in [-0.2, 0) is 4.74 Å². The van der Waals surface area contributed by atoms with E-state index in [0.29, 0.717) is 12.6 Å². The molecule has 2 aliphatic heterocycles. The number of likely N-dealkylation sites (tertiary alicyclic amines) is 1. The summed E-state index contributed by atoms with van der Waals surface area (Å²) in [5.74, 6) is 1.84. The van der Waals surface area contributed by atoms with Crippen LogP contribution < -0.4 is 5.32 Å². The average Bonchev–Trinajstić information content (AvgIpc) is 3.77. The monoisotopic (exact) mass is 548 g/mol. The maximum atomic E-state index is 12.8. The van der Waals surface area contributed by atoms with E-state index < -0.39 is 5.60 Å². The van der Waals surface area contributed by atoms with E-state index in [9.17, 15) is 4.79 Å². The van der Waals surface area contributed by atoms with Gasteiger partial charge in [-0.2, -0.15) is 0 Å². The van der Waals surface area contributed by atoms with E-state index in [1.54, 1.807) is 4.90 Å². The number of carbonyl (C=O) groups is 1. The molecule has 41 heavy (non-hydrogen) atoms. The lowest BCUT2D eigenvalue weighted by Crippen LogP contribution is -2.36. The zero-order chi connectivity index (χ0) is 28.1. The number of H-pyrrole nitrogens is 2. The number of aromatic nitrogens is 4. The van der Waals surface area contributed by atoms with E-state index in [4.69, 9.17) is 9.72 Å². The molecule has 2 fully saturated rings. The molecule has 8 heteroatoms. The molecule has 7 rings (SSSR count). The summed E-state index contributed by atoms with van der Waals surface area (Å²) in [6.07, 6.45) is 5.79. The van der Waals surface area contributed by atoms with Gasteiger partial charge in [0.25, 0.3) is 0 Å². The molecule has 8 nitrogen and oxygen atoms in total. The van der Waals surface area contributed by atoms with Crippen LogP contribution in [0.4, 0.5) is 4.79 Å². The number of hydrogen-bond donors (Lipinski definition) is 3. The standard InChI is InChI=1S/C33H36N6O2/c1-33(2,3)41-32(40)39-15-5-7-29(39)31-36-25-13-12-23(18-27(25)37-31)21-8-9-22-17-24(11-10-20(22)16-21)28-19-35-30(38-28)26-6-4-14-34-26/h8-13,16-19,26,29,34H,4-7,14-15H2,1-3H3,(H,35,38)(H,36,37)/t26-,29-/m0/s1. The average molecular weight is 549 g/mol. The van der Waals surface area contributed by atoms with Crippen molar-refractivity contribution in [3.63, 3.8) is 0 Å². The SMILES string of the molecule is CC(C)(C)OC(=O)N1CCC[C@H]1c1nc2ccc(-c3ccc4cc(-c5cnc([C@@H]6CCCN6)[nH]5)ccc4c3)cc2[nH]1. The summed E-state index contributed by atoms with van der Waals surface area (Å²) in [5, 5.41) is 5.89. The topological polar surface area (TPSA) is 98.9 Å². The van der Waals surface area contributed by atoms with Crippen molar-refractivity contribution in [2.75, 3.05) is 13.1 Å². The van der Waals surface area contributed by atoms with Crippen molar-refractivity contribution in [2.24, 2.45) is 0 Å². The van der Waals surface area contributed by atoms with Gasteiger partial charge in [0.1, 0.15) is 17.2 Å². The number of nitrogens with zero attached hydrogens (tertiary/aromatic N) is 3. The number of benzene rings is 3. The smallest absolute Gasteiger partial charge is 0.410 e. The van der Waals surface area contributed by atoms with E-state index in [0.717, 1.165) is 70.9 Å². The van der Waals surface area contributed by atoms with E-state index in [1.807, 2.05) is 27.0 Å². The molecule has 5 aromatic rings. The van der Waals surface area contributed by atoms with Crippen LogP contribution in [0.25, 0.3) is 44.2 Å². The number of nitrogens with one attached hydrogen (secondary N) is 3. The van der Waals surface area contributed by atoms with Crippen LogP contribution in [0, 0.1) is 0 Å². The van der Waals surface area contributed by atoms with E-state index in [-0.39, 0.29) is 12.1 Å². The molecule has 4 heterocycles. The molecule has 1 amide bonds. The van der Waals surface area contributed by atoms with Crippen LogP contribution in [0.2, 0.25) is 0 Å². The van der Waals surface area contributed by atoms with Crippen LogP contribution in [0.15, 0.2) is 60.8 Å². The molecule has 2 saturated heterocycles. The highest BCUT2D eigenvalue weighted by Crippen LogP contribution is 2.34. The van der Waals surface area contributed by atoms with Gasteiger partial charge in [0, 0.05) is 12.1 Å². The van der Waals surface area contributed by atoms with Crippen molar-refractivity contribution < 1.29 is 9.53 Å². The van der Waals surface area contributed by atoms with Gasteiger partial charge in [-0.25, -0.2) is 14.8 Å². The highest BCUT2D eigenvalue weighted by Gasteiger charge is 2.35. The van der Waals surface area contributed by atoms with E-state index >= 15 is 0 Å². The Morgan fingerprint density at radius 3 is 2.44 bits per heavy atom. The van der Waals surface area contributed by atoms with Crippen LogP contribution in [0.5, 0.6) is 0 Å². The first kappa shape index (κ1) is 25.8. The Kier molecular flexibility index (Phi) is 6.31. The lowest BCUT2D eigenvalue weighted by Gasteiger charge is -2.27. The van der Waals surface area contributed by atoms with Crippen LogP contribution >= 0.6 is 0 Å². The van der Waals surface area contributed by atoms with E-state index in [1.165, 1.54) is 17.2 Å². The second-order valence-corrected chi connectivity index (χ2v) is 12.3. The fraction of sp³-hybridized carbons (Fsp3) is 0.364. The summed E-state index contributed by atoms with van der Waals surface area (Å²) in [5.41, 5.74) is 5.80. The number of aromatic amines is 2. The molecule has 0 aliphatic carbocycles. The summed E-state index contributed by atoms with van der Waals surface area (Å²) in [4.78, 5) is 31.1. The zero-order valence-corrected chi connectivity index (χ0v) is 23.8. The van der Waals surface area contributed by atoms with Crippen LogP contribution in [0.3, 0.4) is 0 Å². The predicted octanol–water partition coefficient (Wildman–Crippen LogP) is 7.27. The number of ether oxygens (including phenoxy) is 1. The molecule has 2 atom stereocenters. The lowest BCUT2D eigenvalue weighted by molar-refractivity contribution is 0.0219. The lowest BCUT2D eigenvalue weighted by atomic mass is 9.99. The van der Waals surface area contributed by atoms with Crippen LogP contribution in [-0.4, -0.2) is 49.6 Å². The maximum Gasteiger partial charge on any atom is 0.410 e. The second kappa shape index (κ2) is 10.0. The Hall–Kier alpha value is -4.17. The molecule has 0 unspecified atom stereocenters. The first-order valence-corrected chi connectivity index (χ1v) is 14.6. The number of imidazole rings is 2. The quantitative estimate of drug-likeness (QED) is 0.219. The third-order valence-electron chi connectivity index (χ3n) is 8.17. The van der Waals surface area contributed by atoms with Gasteiger partial charge in [-0.3, -0.25) is 4.90 Å². The first-order valence-electron chi connectivity index (χ1n) is 14.6. The Balaban J connectivity index is 1.13. The van der Waals surface area contributed by atoms with Crippen molar-refractivity contribution in [3.05, 3.63) is 72.4 Å². The van der Waals surface area contributed by atoms with Gasteiger partial charge in [-0.15, -0.1) is 0 Å². The number of amides is 1. The Labute approximate surface area is 239 Å². The van der Waals surface area contributed by atoms with Gasteiger partial charge in [-0.05, 0) is 99.2 Å². The molecule has 0 saturated carbocycles. The fourth-order valence-corrected chi connectivity index (χ4v) is 6.13. The molecule has 2 aromatic heterocycles. The normalized spacial score (nSPS) is 19.4. The minimum absolute atomic E-state index is 0.101. The summed E-state index contributed by atoms with van der Waals surface area (Å²) in [7, 11) is 0. The molecule has 3 N–H and O–H groups in total. The van der Waals surface area contributed by atoms with Gasteiger partial charge in [0.2, 0.25) is 0 Å². The Morgan fingerprint density at radius 1 is 0.902 bits per heavy atom. The zero-order valence-electron chi connectivity index (χ0n) is 23.8. The van der Waals surface area contributed by atoms with Gasteiger partial charge in [-0.1, -0.05) is 30.3 Å². The molecule has 2 aliphatic rings. The summed E-state index contributed by atoms with van der Waals surface area (Å²) in [6.45, 7) is 7.43. The Morgan fingerprint density at radius 2 is 1.66 bits per heavy atom.